The minimum atomic E-state index is 0.651. The lowest BCUT2D eigenvalue weighted by molar-refractivity contribution is 0.0867. The van der Waals surface area contributed by atoms with E-state index in [1.165, 1.54) is 31.2 Å². The normalized spacial score (nSPS) is 24.2. The van der Waals surface area contributed by atoms with Gasteiger partial charge in [-0.05, 0) is 41.9 Å². The van der Waals surface area contributed by atoms with E-state index in [0.29, 0.717) is 12.5 Å². The third-order valence-corrected chi connectivity index (χ3v) is 4.27. The Morgan fingerprint density at radius 1 is 1.28 bits per heavy atom. The van der Waals surface area contributed by atoms with E-state index in [-0.39, 0.29) is 0 Å². The Balaban J connectivity index is 2.05. The van der Waals surface area contributed by atoms with Crippen LogP contribution in [0.3, 0.4) is 0 Å². The lowest BCUT2D eigenvalue weighted by atomic mass is 9.79. The van der Waals surface area contributed by atoms with Gasteiger partial charge in [-0.1, -0.05) is 43.5 Å². The van der Waals surface area contributed by atoms with E-state index in [9.17, 15) is 0 Å². The SMILES string of the molecule is CONCc1ccc(C2CCC(C)CC2)c(Cl)c1. The van der Waals surface area contributed by atoms with Crippen LogP contribution < -0.4 is 5.48 Å². The van der Waals surface area contributed by atoms with Gasteiger partial charge in [-0.15, -0.1) is 0 Å². The molecule has 2 nitrogen and oxygen atoms in total. The Morgan fingerprint density at radius 2 is 2.00 bits per heavy atom. The minimum absolute atomic E-state index is 0.651. The number of halogens is 1. The molecule has 3 heteroatoms. The van der Waals surface area contributed by atoms with Gasteiger partial charge in [0.2, 0.25) is 0 Å². The van der Waals surface area contributed by atoms with Crippen LogP contribution in [0.4, 0.5) is 0 Å². The Labute approximate surface area is 115 Å². The molecule has 1 aromatic rings. The molecule has 0 spiro atoms. The number of hydroxylamine groups is 1. The molecule has 18 heavy (non-hydrogen) atoms. The summed E-state index contributed by atoms with van der Waals surface area (Å²) in [6, 6.07) is 6.39. The number of benzene rings is 1. The van der Waals surface area contributed by atoms with Gasteiger partial charge in [0, 0.05) is 11.6 Å². The number of rotatable bonds is 4. The van der Waals surface area contributed by atoms with Gasteiger partial charge in [-0.25, -0.2) is 0 Å². The van der Waals surface area contributed by atoms with E-state index in [2.05, 4.69) is 30.6 Å². The maximum atomic E-state index is 6.41. The second kappa shape index (κ2) is 6.55. The predicted octanol–water partition coefficient (Wildman–Crippen LogP) is 4.28. The molecule has 0 saturated heterocycles. The van der Waals surface area contributed by atoms with Gasteiger partial charge >= 0.3 is 0 Å². The summed E-state index contributed by atoms with van der Waals surface area (Å²) in [5.41, 5.74) is 5.32. The Bertz CT molecular complexity index is 386. The van der Waals surface area contributed by atoms with E-state index in [1.54, 1.807) is 7.11 Å². The van der Waals surface area contributed by atoms with Crippen molar-refractivity contribution in [2.75, 3.05) is 7.11 Å². The second-order valence-electron chi connectivity index (χ2n) is 5.34. The Morgan fingerprint density at radius 3 is 2.61 bits per heavy atom. The number of hydrogen-bond acceptors (Lipinski definition) is 2. The second-order valence-corrected chi connectivity index (χ2v) is 5.75. The molecule has 1 N–H and O–H groups in total. The van der Waals surface area contributed by atoms with Gasteiger partial charge in [0.15, 0.2) is 0 Å². The molecule has 100 valence electrons. The fourth-order valence-corrected chi connectivity index (χ4v) is 3.10. The Hall–Kier alpha value is -0.570. The van der Waals surface area contributed by atoms with Crippen molar-refractivity contribution >= 4 is 11.6 Å². The first-order chi connectivity index (χ1) is 8.70. The van der Waals surface area contributed by atoms with Gasteiger partial charge in [0.25, 0.3) is 0 Å². The standard InChI is InChI=1S/C15H22ClNO/c1-11-3-6-13(7-4-11)14-8-5-12(9-15(14)16)10-17-18-2/h5,8-9,11,13,17H,3-4,6-7,10H2,1-2H3. The van der Waals surface area contributed by atoms with Crippen LogP contribution in [0.25, 0.3) is 0 Å². The monoisotopic (exact) mass is 267 g/mol. The van der Waals surface area contributed by atoms with Crippen LogP contribution in [-0.4, -0.2) is 7.11 Å². The van der Waals surface area contributed by atoms with E-state index >= 15 is 0 Å². The van der Waals surface area contributed by atoms with Crippen LogP contribution in [0.1, 0.15) is 49.7 Å². The van der Waals surface area contributed by atoms with Crippen molar-refractivity contribution in [3.05, 3.63) is 34.3 Å². The summed E-state index contributed by atoms with van der Waals surface area (Å²) in [7, 11) is 1.62. The van der Waals surface area contributed by atoms with Crippen molar-refractivity contribution in [3.8, 4) is 0 Å². The van der Waals surface area contributed by atoms with Crippen LogP contribution in [-0.2, 0) is 11.4 Å². The van der Waals surface area contributed by atoms with E-state index in [1.807, 2.05) is 0 Å². The summed E-state index contributed by atoms with van der Waals surface area (Å²) in [5.74, 6) is 1.53. The van der Waals surface area contributed by atoms with Crippen LogP contribution in [0.2, 0.25) is 5.02 Å². The largest absolute Gasteiger partial charge is 0.305 e. The average molecular weight is 268 g/mol. The molecule has 2 rings (SSSR count). The zero-order valence-corrected chi connectivity index (χ0v) is 12.0. The van der Waals surface area contributed by atoms with Gasteiger partial charge in [-0.2, -0.15) is 5.48 Å². The third-order valence-electron chi connectivity index (χ3n) is 3.94. The molecule has 0 atom stereocenters. The fraction of sp³-hybridized carbons (Fsp3) is 0.600. The van der Waals surface area contributed by atoms with E-state index in [0.717, 1.165) is 16.5 Å². The van der Waals surface area contributed by atoms with Gasteiger partial charge < -0.3 is 4.84 Å². The molecular formula is C15H22ClNO. The highest BCUT2D eigenvalue weighted by molar-refractivity contribution is 6.31. The Kier molecular flexibility index (Phi) is 5.04. The summed E-state index contributed by atoms with van der Waals surface area (Å²) in [4.78, 5) is 4.85. The molecule has 0 amide bonds. The predicted molar refractivity (Wildman–Crippen MR) is 75.7 cm³/mol. The molecule has 1 aromatic carbocycles. The maximum absolute atomic E-state index is 6.41. The smallest absolute Gasteiger partial charge is 0.0572 e. The summed E-state index contributed by atoms with van der Waals surface area (Å²) < 4.78 is 0. The topological polar surface area (TPSA) is 21.3 Å². The summed E-state index contributed by atoms with van der Waals surface area (Å²) in [6.45, 7) is 3.04. The number of hydrogen-bond donors (Lipinski definition) is 1. The molecule has 0 unspecified atom stereocenters. The molecule has 0 aromatic heterocycles. The highest BCUT2D eigenvalue weighted by atomic mass is 35.5. The van der Waals surface area contributed by atoms with Crippen molar-refractivity contribution in [1.82, 2.24) is 5.48 Å². The molecule has 0 bridgehead atoms. The van der Waals surface area contributed by atoms with Gasteiger partial charge in [0.1, 0.15) is 0 Å². The lowest BCUT2D eigenvalue weighted by Gasteiger charge is -2.27. The van der Waals surface area contributed by atoms with Crippen LogP contribution >= 0.6 is 11.6 Å². The molecule has 1 saturated carbocycles. The van der Waals surface area contributed by atoms with Crippen molar-refractivity contribution in [3.63, 3.8) is 0 Å². The van der Waals surface area contributed by atoms with Gasteiger partial charge in [0.05, 0.1) is 7.11 Å². The highest BCUT2D eigenvalue weighted by Gasteiger charge is 2.21. The number of nitrogens with one attached hydrogen (secondary N) is 1. The molecule has 0 heterocycles. The fourth-order valence-electron chi connectivity index (χ4n) is 2.74. The molecule has 0 radical (unpaired) electrons. The van der Waals surface area contributed by atoms with Crippen LogP contribution in [0.15, 0.2) is 18.2 Å². The minimum Gasteiger partial charge on any atom is -0.305 e. The van der Waals surface area contributed by atoms with E-state index in [4.69, 9.17) is 16.4 Å². The zero-order chi connectivity index (χ0) is 13.0. The highest BCUT2D eigenvalue weighted by Crippen LogP contribution is 2.38. The summed E-state index contributed by atoms with van der Waals surface area (Å²) >= 11 is 6.41. The maximum Gasteiger partial charge on any atom is 0.0572 e. The lowest BCUT2D eigenvalue weighted by Crippen LogP contribution is -2.13. The quantitative estimate of drug-likeness (QED) is 0.822. The molecule has 1 fully saturated rings. The summed E-state index contributed by atoms with van der Waals surface area (Å²) in [6.07, 6.45) is 5.20. The van der Waals surface area contributed by atoms with Crippen molar-refractivity contribution in [2.24, 2.45) is 5.92 Å². The van der Waals surface area contributed by atoms with Crippen molar-refractivity contribution in [1.29, 1.82) is 0 Å². The first-order valence-corrected chi connectivity index (χ1v) is 7.12. The molecule has 0 aliphatic heterocycles. The first kappa shape index (κ1) is 13.9. The molecular weight excluding hydrogens is 246 g/mol. The molecule has 1 aliphatic rings. The van der Waals surface area contributed by atoms with Crippen molar-refractivity contribution < 1.29 is 4.84 Å². The molecule has 1 aliphatic carbocycles. The first-order valence-electron chi connectivity index (χ1n) is 6.75. The van der Waals surface area contributed by atoms with Crippen LogP contribution in [0.5, 0.6) is 0 Å². The summed E-state index contributed by atoms with van der Waals surface area (Å²) in [5, 5.41) is 0.907. The zero-order valence-electron chi connectivity index (χ0n) is 11.2. The van der Waals surface area contributed by atoms with Crippen molar-refractivity contribution in [2.45, 2.75) is 45.1 Å². The van der Waals surface area contributed by atoms with Crippen LogP contribution in [0, 0.1) is 5.92 Å². The van der Waals surface area contributed by atoms with Gasteiger partial charge in [-0.3, -0.25) is 0 Å². The van der Waals surface area contributed by atoms with E-state index < -0.39 is 0 Å². The average Bonchev–Trinajstić information content (AvgIpc) is 2.38. The third kappa shape index (κ3) is 3.47.